The minimum Gasteiger partial charge on any atom is -0.352 e. The Hall–Kier alpha value is -2.25. The molecule has 0 saturated carbocycles. The number of amides is 4. The fourth-order valence-corrected chi connectivity index (χ4v) is 3.32. The second kappa shape index (κ2) is 8.63. The van der Waals surface area contributed by atoms with Crippen LogP contribution in [0, 0.1) is 5.92 Å². The van der Waals surface area contributed by atoms with Crippen LogP contribution in [0.4, 0.5) is 4.79 Å². The van der Waals surface area contributed by atoms with E-state index in [9.17, 15) is 14.4 Å². The molecule has 2 aliphatic rings. The Morgan fingerprint density at radius 3 is 2.70 bits per heavy atom. The largest absolute Gasteiger partial charge is 0.352 e. The van der Waals surface area contributed by atoms with E-state index in [0.717, 1.165) is 14.9 Å². The molecular weight excluding hydrogens is 434 g/mol. The van der Waals surface area contributed by atoms with Gasteiger partial charge in [0.1, 0.15) is 5.92 Å². The van der Waals surface area contributed by atoms with Crippen LogP contribution in [-0.4, -0.2) is 35.0 Å². The second-order valence-electron chi connectivity index (χ2n) is 6.18. The number of urea groups is 1. The molecule has 0 spiro atoms. The van der Waals surface area contributed by atoms with Crippen LogP contribution in [0.15, 0.2) is 52.0 Å². The third-order valence-corrected chi connectivity index (χ3v) is 5.01. The van der Waals surface area contributed by atoms with Crippen LogP contribution in [0.3, 0.4) is 0 Å². The van der Waals surface area contributed by atoms with E-state index in [4.69, 9.17) is 11.6 Å². The quantitative estimate of drug-likeness (QED) is 0.719. The Kier molecular flexibility index (Phi) is 6.23. The van der Waals surface area contributed by atoms with Crippen molar-refractivity contribution in [3.63, 3.8) is 0 Å². The van der Waals surface area contributed by atoms with Crippen molar-refractivity contribution in [2.75, 3.05) is 6.54 Å². The standard InChI is InChI=1S/C19H17BrClN3O3/c20-13-5-8-16-15(10-13)18(26)24(19(27)23-16)9-1-2-17(25)22-11-12-3-6-14(21)7-4-12/h3-8,10,15H,1-2,9,11H2,(H,22,25). The number of allylic oxidation sites excluding steroid dienone is 3. The van der Waals surface area contributed by atoms with Crippen molar-refractivity contribution in [1.29, 1.82) is 0 Å². The number of hydrogen-bond acceptors (Lipinski definition) is 3. The molecule has 4 amide bonds. The first kappa shape index (κ1) is 19.5. The topological polar surface area (TPSA) is 78.8 Å². The summed E-state index contributed by atoms with van der Waals surface area (Å²) >= 11 is 9.15. The van der Waals surface area contributed by atoms with E-state index in [1.54, 1.807) is 30.4 Å². The molecule has 1 N–H and O–H groups in total. The summed E-state index contributed by atoms with van der Waals surface area (Å²) in [5.74, 6) is -1.01. The van der Waals surface area contributed by atoms with Gasteiger partial charge < -0.3 is 5.32 Å². The Labute approximate surface area is 170 Å². The summed E-state index contributed by atoms with van der Waals surface area (Å²) in [6.45, 7) is 0.562. The van der Waals surface area contributed by atoms with E-state index in [1.165, 1.54) is 0 Å². The predicted octanol–water partition coefficient (Wildman–Crippen LogP) is 3.60. The number of carbonyl (C=O) groups excluding carboxylic acids is 3. The molecule has 1 aliphatic carbocycles. The Morgan fingerprint density at radius 2 is 1.96 bits per heavy atom. The van der Waals surface area contributed by atoms with Crippen molar-refractivity contribution in [3.8, 4) is 0 Å². The number of carbonyl (C=O) groups is 3. The third kappa shape index (κ3) is 4.93. The molecule has 140 valence electrons. The minimum atomic E-state index is -0.580. The second-order valence-corrected chi connectivity index (χ2v) is 7.53. The molecule has 1 heterocycles. The molecule has 1 aromatic carbocycles. The smallest absolute Gasteiger partial charge is 0.350 e. The van der Waals surface area contributed by atoms with Gasteiger partial charge in [-0.3, -0.25) is 14.5 Å². The SMILES string of the molecule is O=C(CCCN1C(=O)N=C2C=CC(Br)=CC2C1=O)NCc1ccc(Cl)cc1. The van der Waals surface area contributed by atoms with Crippen LogP contribution in [0.25, 0.3) is 0 Å². The van der Waals surface area contributed by atoms with Crippen molar-refractivity contribution in [3.05, 3.63) is 57.6 Å². The fourth-order valence-electron chi connectivity index (χ4n) is 2.80. The summed E-state index contributed by atoms with van der Waals surface area (Å²) in [5.41, 5.74) is 1.39. The molecule has 27 heavy (non-hydrogen) atoms. The van der Waals surface area contributed by atoms with Crippen LogP contribution in [0.2, 0.25) is 5.02 Å². The van der Waals surface area contributed by atoms with E-state index < -0.39 is 11.9 Å². The Morgan fingerprint density at radius 1 is 1.22 bits per heavy atom. The monoisotopic (exact) mass is 449 g/mol. The maximum Gasteiger partial charge on any atom is 0.350 e. The zero-order valence-electron chi connectivity index (χ0n) is 14.3. The lowest BCUT2D eigenvalue weighted by Gasteiger charge is -2.28. The number of nitrogens with zero attached hydrogens (tertiary/aromatic N) is 2. The van der Waals surface area contributed by atoms with Crippen molar-refractivity contribution in [1.82, 2.24) is 10.2 Å². The van der Waals surface area contributed by atoms with E-state index >= 15 is 0 Å². The molecule has 3 rings (SSSR count). The molecule has 0 saturated heterocycles. The molecular formula is C19H17BrClN3O3. The highest BCUT2D eigenvalue weighted by atomic mass is 79.9. The first-order valence-corrected chi connectivity index (χ1v) is 9.61. The van der Waals surface area contributed by atoms with Crippen LogP contribution in [0.5, 0.6) is 0 Å². The number of benzene rings is 1. The van der Waals surface area contributed by atoms with E-state index in [-0.39, 0.29) is 24.8 Å². The number of rotatable bonds is 6. The summed E-state index contributed by atoms with van der Waals surface area (Å²) in [4.78, 5) is 41.7. The number of halogens is 2. The van der Waals surface area contributed by atoms with Gasteiger partial charge in [0, 0.05) is 29.0 Å². The third-order valence-electron chi connectivity index (χ3n) is 4.23. The molecule has 1 aromatic rings. The molecule has 1 aliphatic heterocycles. The Balaban J connectivity index is 1.48. The summed E-state index contributed by atoms with van der Waals surface area (Å²) in [6, 6.07) is 6.63. The zero-order chi connectivity index (χ0) is 19.4. The van der Waals surface area contributed by atoms with Crippen LogP contribution < -0.4 is 5.32 Å². The summed E-state index contributed by atoms with van der Waals surface area (Å²) < 4.78 is 0.774. The van der Waals surface area contributed by atoms with Gasteiger partial charge in [-0.25, -0.2) is 4.79 Å². The van der Waals surface area contributed by atoms with Crippen molar-refractivity contribution in [2.24, 2.45) is 10.9 Å². The van der Waals surface area contributed by atoms with Gasteiger partial charge in [0.15, 0.2) is 0 Å². The average Bonchev–Trinajstić information content (AvgIpc) is 2.64. The van der Waals surface area contributed by atoms with Gasteiger partial charge in [-0.15, -0.1) is 0 Å². The lowest BCUT2D eigenvalue weighted by atomic mass is 9.95. The highest BCUT2D eigenvalue weighted by Crippen LogP contribution is 2.25. The van der Waals surface area contributed by atoms with Crippen molar-refractivity contribution >= 4 is 51.1 Å². The molecule has 8 heteroatoms. The fraction of sp³-hybridized carbons (Fsp3) is 0.263. The first-order valence-electron chi connectivity index (χ1n) is 8.44. The van der Waals surface area contributed by atoms with Gasteiger partial charge in [0.25, 0.3) is 0 Å². The minimum absolute atomic E-state index is 0.144. The maximum absolute atomic E-state index is 12.5. The van der Waals surface area contributed by atoms with Crippen LogP contribution in [-0.2, 0) is 16.1 Å². The average molecular weight is 451 g/mol. The number of fused-ring (bicyclic) bond motifs is 1. The maximum atomic E-state index is 12.5. The van der Waals surface area contributed by atoms with Crippen LogP contribution >= 0.6 is 27.5 Å². The van der Waals surface area contributed by atoms with Gasteiger partial charge in [0.2, 0.25) is 11.8 Å². The lowest BCUT2D eigenvalue weighted by Crippen LogP contribution is -2.46. The molecule has 0 aromatic heterocycles. The van der Waals surface area contributed by atoms with Crippen molar-refractivity contribution < 1.29 is 14.4 Å². The highest BCUT2D eigenvalue weighted by Gasteiger charge is 2.36. The number of hydrogen-bond donors (Lipinski definition) is 1. The summed E-state index contributed by atoms with van der Waals surface area (Å²) in [5, 5.41) is 3.45. The number of imide groups is 1. The first-order chi connectivity index (χ1) is 12.9. The van der Waals surface area contributed by atoms with Crippen molar-refractivity contribution in [2.45, 2.75) is 19.4 Å². The number of nitrogens with one attached hydrogen (secondary N) is 1. The highest BCUT2D eigenvalue weighted by molar-refractivity contribution is 9.11. The van der Waals surface area contributed by atoms with Crippen LogP contribution in [0.1, 0.15) is 18.4 Å². The normalized spacial score (nSPS) is 18.7. The number of aliphatic imine (C=N–C) groups is 1. The van der Waals surface area contributed by atoms with E-state index in [2.05, 4.69) is 26.2 Å². The summed E-state index contributed by atoms with van der Waals surface area (Å²) in [6.07, 6.45) is 5.72. The van der Waals surface area contributed by atoms with Gasteiger partial charge in [-0.05, 0) is 36.3 Å². The Bertz CT molecular complexity index is 861. The predicted molar refractivity (Wildman–Crippen MR) is 107 cm³/mol. The van der Waals surface area contributed by atoms with E-state index in [0.29, 0.717) is 23.7 Å². The van der Waals surface area contributed by atoms with Gasteiger partial charge in [-0.1, -0.05) is 45.7 Å². The van der Waals surface area contributed by atoms with Gasteiger partial charge in [-0.2, -0.15) is 4.99 Å². The molecule has 1 unspecified atom stereocenters. The van der Waals surface area contributed by atoms with E-state index in [1.807, 2.05) is 12.1 Å². The zero-order valence-corrected chi connectivity index (χ0v) is 16.7. The van der Waals surface area contributed by atoms with Gasteiger partial charge >= 0.3 is 6.03 Å². The molecule has 1 atom stereocenters. The summed E-state index contributed by atoms with van der Waals surface area (Å²) in [7, 11) is 0. The molecule has 6 nitrogen and oxygen atoms in total. The molecule has 0 bridgehead atoms. The molecule has 0 radical (unpaired) electrons. The lowest BCUT2D eigenvalue weighted by molar-refractivity contribution is -0.130. The van der Waals surface area contributed by atoms with Gasteiger partial charge in [0.05, 0.1) is 5.71 Å². The molecule has 0 fully saturated rings.